The van der Waals surface area contributed by atoms with E-state index in [9.17, 15) is 0 Å². The summed E-state index contributed by atoms with van der Waals surface area (Å²) in [6, 6.07) is 0. The summed E-state index contributed by atoms with van der Waals surface area (Å²) in [7, 11) is 0. The Morgan fingerprint density at radius 2 is 1.71 bits per heavy atom. The molecule has 1 aliphatic rings. The Labute approximate surface area is 95.8 Å². The van der Waals surface area contributed by atoms with Crippen molar-refractivity contribution < 1.29 is 4.99 Å². The van der Waals surface area contributed by atoms with Gasteiger partial charge < -0.3 is 0 Å². The molecule has 1 N–H and O–H groups in total. The van der Waals surface area contributed by atoms with Crippen LogP contribution >= 0.6 is 23.5 Å². The van der Waals surface area contributed by atoms with E-state index in [0.29, 0.717) is 5.92 Å². The SMILES string of the molecule is CSC1=C(SC)C(C)(C)[NH+]=C1C(C)C. The summed E-state index contributed by atoms with van der Waals surface area (Å²) in [5.41, 5.74) is 1.53. The van der Waals surface area contributed by atoms with Crippen LogP contribution in [-0.2, 0) is 0 Å². The van der Waals surface area contributed by atoms with Gasteiger partial charge in [-0.25, -0.2) is 4.99 Å². The number of hydrogen-bond donors (Lipinski definition) is 1. The van der Waals surface area contributed by atoms with Crippen molar-refractivity contribution in [1.82, 2.24) is 0 Å². The molecule has 0 saturated heterocycles. The topological polar surface area (TPSA) is 14.0 Å². The maximum absolute atomic E-state index is 3.63. The maximum Gasteiger partial charge on any atom is 0.192 e. The van der Waals surface area contributed by atoms with Gasteiger partial charge in [-0.15, -0.1) is 23.5 Å². The second-order valence-electron chi connectivity index (χ2n) is 4.38. The second kappa shape index (κ2) is 4.31. The van der Waals surface area contributed by atoms with Gasteiger partial charge in [0.05, 0.1) is 9.81 Å². The van der Waals surface area contributed by atoms with Gasteiger partial charge in [-0.1, -0.05) is 13.8 Å². The van der Waals surface area contributed by atoms with Gasteiger partial charge in [0.25, 0.3) is 0 Å². The predicted octanol–water partition coefficient (Wildman–Crippen LogP) is 1.89. The summed E-state index contributed by atoms with van der Waals surface area (Å²) in [6.07, 6.45) is 4.33. The van der Waals surface area contributed by atoms with Gasteiger partial charge in [-0.05, 0) is 12.5 Å². The first-order valence-corrected chi connectivity index (χ1v) is 7.37. The zero-order chi connectivity index (χ0) is 10.9. The molecule has 0 saturated carbocycles. The lowest BCUT2D eigenvalue weighted by Crippen LogP contribution is -2.83. The van der Waals surface area contributed by atoms with Crippen LogP contribution in [0.3, 0.4) is 0 Å². The molecule has 0 bridgehead atoms. The number of allylic oxidation sites excluding steroid dienone is 1. The lowest BCUT2D eigenvalue weighted by Gasteiger charge is -2.11. The van der Waals surface area contributed by atoms with Crippen molar-refractivity contribution >= 4 is 29.2 Å². The van der Waals surface area contributed by atoms with Gasteiger partial charge in [0.15, 0.2) is 11.3 Å². The minimum absolute atomic E-state index is 0.122. The van der Waals surface area contributed by atoms with E-state index in [1.54, 1.807) is 0 Å². The minimum Gasteiger partial charge on any atom is -0.235 e. The van der Waals surface area contributed by atoms with Crippen molar-refractivity contribution in [3.63, 3.8) is 0 Å². The van der Waals surface area contributed by atoms with Crippen molar-refractivity contribution in [3.8, 4) is 0 Å². The third-order valence-electron chi connectivity index (χ3n) is 2.45. The van der Waals surface area contributed by atoms with Crippen molar-refractivity contribution in [1.29, 1.82) is 0 Å². The molecule has 0 amide bonds. The van der Waals surface area contributed by atoms with Crippen LogP contribution in [0, 0.1) is 5.92 Å². The molecule has 0 aromatic rings. The summed E-state index contributed by atoms with van der Waals surface area (Å²) in [4.78, 5) is 6.57. The number of nitrogens with one attached hydrogen (secondary N) is 1. The highest BCUT2D eigenvalue weighted by Crippen LogP contribution is 2.35. The van der Waals surface area contributed by atoms with Crippen LogP contribution in [0.1, 0.15) is 27.7 Å². The third-order valence-corrected chi connectivity index (χ3v) is 4.54. The van der Waals surface area contributed by atoms with Crippen molar-refractivity contribution in [3.05, 3.63) is 9.81 Å². The van der Waals surface area contributed by atoms with E-state index in [0.717, 1.165) is 0 Å². The van der Waals surface area contributed by atoms with E-state index in [4.69, 9.17) is 0 Å². The lowest BCUT2D eigenvalue weighted by atomic mass is 10.1. The van der Waals surface area contributed by atoms with Crippen LogP contribution in [0.5, 0.6) is 0 Å². The first kappa shape index (κ1) is 12.2. The quantitative estimate of drug-likeness (QED) is 0.796. The molecule has 1 rings (SSSR count). The molecule has 0 aromatic heterocycles. The van der Waals surface area contributed by atoms with Gasteiger partial charge in [-0.2, -0.15) is 0 Å². The summed E-state index contributed by atoms with van der Waals surface area (Å²) < 4.78 is 0. The Balaban J connectivity index is 3.18. The Hall–Kier alpha value is 0.110. The van der Waals surface area contributed by atoms with Gasteiger partial charge in [0.1, 0.15) is 0 Å². The average Bonchev–Trinajstić information content (AvgIpc) is 2.35. The second-order valence-corrected chi connectivity index (χ2v) is 6.02. The van der Waals surface area contributed by atoms with Gasteiger partial charge >= 0.3 is 0 Å². The fourth-order valence-corrected chi connectivity index (χ4v) is 4.12. The van der Waals surface area contributed by atoms with E-state index >= 15 is 0 Å². The largest absolute Gasteiger partial charge is 0.235 e. The predicted molar refractivity (Wildman–Crippen MR) is 68.9 cm³/mol. The van der Waals surface area contributed by atoms with E-state index in [1.165, 1.54) is 15.5 Å². The van der Waals surface area contributed by atoms with Gasteiger partial charge in [0.2, 0.25) is 0 Å². The lowest BCUT2D eigenvalue weighted by molar-refractivity contribution is -0.525. The third kappa shape index (κ3) is 2.03. The number of thioether (sulfide) groups is 2. The first-order chi connectivity index (χ1) is 6.44. The van der Waals surface area contributed by atoms with Crippen molar-refractivity contribution in [2.24, 2.45) is 5.92 Å². The molecule has 0 fully saturated rings. The Morgan fingerprint density at radius 1 is 1.14 bits per heavy atom. The highest BCUT2D eigenvalue weighted by Gasteiger charge is 2.41. The fraction of sp³-hybridized carbons (Fsp3) is 0.727. The molecule has 1 heterocycles. The van der Waals surface area contributed by atoms with Crippen molar-refractivity contribution in [2.45, 2.75) is 33.2 Å². The molecular weight excluding hydrogens is 210 g/mol. The molecule has 3 heteroatoms. The fourth-order valence-electron chi connectivity index (χ4n) is 1.81. The van der Waals surface area contributed by atoms with E-state index in [-0.39, 0.29) is 5.54 Å². The molecule has 14 heavy (non-hydrogen) atoms. The van der Waals surface area contributed by atoms with Crippen LogP contribution in [0.4, 0.5) is 0 Å². The van der Waals surface area contributed by atoms with Gasteiger partial charge in [-0.3, -0.25) is 0 Å². The zero-order valence-corrected chi connectivity index (χ0v) is 11.5. The molecule has 1 nitrogen and oxygen atoms in total. The van der Waals surface area contributed by atoms with E-state index < -0.39 is 0 Å². The minimum atomic E-state index is 0.122. The molecule has 1 aliphatic heterocycles. The number of hydrogen-bond acceptors (Lipinski definition) is 2. The van der Waals surface area contributed by atoms with Crippen LogP contribution in [0.15, 0.2) is 9.81 Å². The van der Waals surface area contributed by atoms with E-state index in [2.05, 4.69) is 45.2 Å². The highest BCUT2D eigenvalue weighted by atomic mass is 32.2. The molecule has 0 unspecified atom stereocenters. The average molecular weight is 230 g/mol. The van der Waals surface area contributed by atoms with Crippen LogP contribution in [0.2, 0.25) is 0 Å². The molecule has 0 aliphatic carbocycles. The molecule has 0 spiro atoms. The van der Waals surface area contributed by atoms with Gasteiger partial charge in [0, 0.05) is 19.8 Å². The van der Waals surface area contributed by atoms with E-state index in [1.807, 2.05) is 23.5 Å². The normalized spacial score (nSPS) is 20.6. The summed E-state index contributed by atoms with van der Waals surface area (Å²) in [5, 5.41) is 0. The Morgan fingerprint density at radius 3 is 2.07 bits per heavy atom. The molecular formula is C11H20NS2+. The zero-order valence-electron chi connectivity index (χ0n) is 9.89. The molecule has 0 aromatic carbocycles. The Bertz CT molecular complexity index is 288. The molecule has 80 valence electrons. The molecule has 0 atom stereocenters. The monoisotopic (exact) mass is 230 g/mol. The first-order valence-electron chi connectivity index (χ1n) is 4.92. The van der Waals surface area contributed by atoms with Crippen LogP contribution < -0.4 is 4.99 Å². The van der Waals surface area contributed by atoms with Crippen LogP contribution in [0.25, 0.3) is 0 Å². The molecule has 0 radical (unpaired) electrons. The summed E-state index contributed by atoms with van der Waals surface area (Å²) >= 11 is 3.73. The Kier molecular flexibility index (Phi) is 3.75. The van der Waals surface area contributed by atoms with Crippen LogP contribution in [-0.4, -0.2) is 23.8 Å². The maximum atomic E-state index is 3.63. The number of rotatable bonds is 3. The summed E-state index contributed by atoms with van der Waals surface area (Å²) in [6.45, 7) is 9.00. The standard InChI is InChI=1S/C11H19NS2/c1-7(2)8-9(13-5)10(14-6)11(3,4)12-8/h7H,1-6H3/p+1. The summed E-state index contributed by atoms with van der Waals surface area (Å²) in [5.74, 6) is 0.585. The smallest absolute Gasteiger partial charge is 0.192 e. The van der Waals surface area contributed by atoms with Crippen molar-refractivity contribution in [2.75, 3.05) is 12.5 Å². The highest BCUT2D eigenvalue weighted by molar-refractivity contribution is 8.06.